The zero-order valence-corrected chi connectivity index (χ0v) is 13.6. The van der Waals surface area contributed by atoms with Crippen LogP contribution in [0.1, 0.15) is 12.6 Å². The first-order valence-electron chi connectivity index (χ1n) is 7.06. The third-order valence-electron chi connectivity index (χ3n) is 3.42. The minimum absolute atomic E-state index is 0.0368. The zero-order valence-electron chi connectivity index (χ0n) is 12.8. The van der Waals surface area contributed by atoms with Crippen LogP contribution >= 0.6 is 11.6 Å². The van der Waals surface area contributed by atoms with E-state index in [9.17, 15) is 14.3 Å². The molecule has 1 unspecified atom stereocenters. The second kappa shape index (κ2) is 6.18. The average molecular weight is 350 g/mol. The van der Waals surface area contributed by atoms with E-state index in [1.807, 2.05) is 0 Å². The minimum Gasteiger partial charge on any atom is -0.463 e. The number of benzene rings is 1. The molecular formula is C16H13ClFN3O3. The first-order valence-corrected chi connectivity index (χ1v) is 7.44. The van der Waals surface area contributed by atoms with Crippen molar-refractivity contribution in [3.8, 4) is 11.4 Å². The Balaban J connectivity index is 2.38. The normalized spacial score (nSPS) is 12.4. The Kier molecular flexibility index (Phi) is 4.21. The van der Waals surface area contributed by atoms with Crippen LogP contribution in [0.15, 0.2) is 35.4 Å². The topological polar surface area (TPSA) is 77.2 Å². The Morgan fingerprint density at radius 1 is 1.38 bits per heavy atom. The van der Waals surface area contributed by atoms with Crippen molar-refractivity contribution in [2.45, 2.75) is 20.1 Å². The Labute approximate surface area is 141 Å². The molecule has 3 rings (SSSR count). The lowest BCUT2D eigenvalue weighted by molar-refractivity contribution is -0.000548. The molecule has 24 heavy (non-hydrogen) atoms. The molecule has 1 atom stereocenters. The third-order valence-corrected chi connectivity index (χ3v) is 3.72. The van der Waals surface area contributed by atoms with Crippen LogP contribution in [-0.4, -0.2) is 25.9 Å². The Bertz CT molecular complexity index is 988. The van der Waals surface area contributed by atoms with E-state index in [4.69, 9.17) is 16.3 Å². The minimum atomic E-state index is -1.17. The summed E-state index contributed by atoms with van der Waals surface area (Å²) in [5, 5.41) is 9.97. The van der Waals surface area contributed by atoms with Crippen LogP contribution in [0, 0.1) is 12.7 Å². The van der Waals surface area contributed by atoms with Crippen molar-refractivity contribution in [1.29, 1.82) is 0 Å². The number of pyridine rings is 1. The number of hydrogen-bond donors (Lipinski definition) is 1. The maximum absolute atomic E-state index is 14.4. The zero-order chi connectivity index (χ0) is 17.4. The summed E-state index contributed by atoms with van der Waals surface area (Å²) in [7, 11) is 0. The van der Waals surface area contributed by atoms with E-state index in [-0.39, 0.29) is 22.1 Å². The number of rotatable bonds is 3. The van der Waals surface area contributed by atoms with Crippen LogP contribution in [0.3, 0.4) is 0 Å². The van der Waals surface area contributed by atoms with Gasteiger partial charge in [0, 0.05) is 11.1 Å². The fourth-order valence-electron chi connectivity index (χ4n) is 2.48. The largest absolute Gasteiger partial charge is 0.463 e. The van der Waals surface area contributed by atoms with E-state index in [1.165, 1.54) is 31.5 Å². The van der Waals surface area contributed by atoms with Crippen LogP contribution in [0.2, 0.25) is 5.15 Å². The van der Waals surface area contributed by atoms with Gasteiger partial charge in [-0.25, -0.2) is 14.4 Å². The van der Waals surface area contributed by atoms with Crippen LogP contribution in [-0.2, 0) is 0 Å². The van der Waals surface area contributed by atoms with E-state index in [2.05, 4.69) is 9.97 Å². The van der Waals surface area contributed by atoms with Gasteiger partial charge in [0.05, 0.1) is 0 Å². The molecule has 0 bridgehead atoms. The molecular weight excluding hydrogens is 337 g/mol. The lowest BCUT2D eigenvalue weighted by Crippen LogP contribution is -2.24. The fourth-order valence-corrected chi connectivity index (χ4v) is 2.67. The van der Waals surface area contributed by atoms with Crippen molar-refractivity contribution in [3.05, 3.63) is 57.6 Å². The fraction of sp³-hybridized carbons (Fsp3) is 0.188. The first-order chi connectivity index (χ1) is 11.4. The van der Waals surface area contributed by atoms with Gasteiger partial charge in [-0.1, -0.05) is 17.7 Å². The number of fused-ring (bicyclic) bond motifs is 1. The second-order valence-corrected chi connectivity index (χ2v) is 5.51. The molecule has 0 aliphatic rings. The van der Waals surface area contributed by atoms with Gasteiger partial charge in [-0.2, -0.15) is 0 Å². The molecule has 0 aliphatic carbocycles. The van der Waals surface area contributed by atoms with Crippen LogP contribution in [0.5, 0.6) is 5.75 Å². The number of aromatic nitrogens is 3. The van der Waals surface area contributed by atoms with Gasteiger partial charge in [-0.3, -0.25) is 9.36 Å². The van der Waals surface area contributed by atoms with Gasteiger partial charge >= 0.3 is 0 Å². The Hall–Kier alpha value is -2.51. The lowest BCUT2D eigenvalue weighted by atomic mass is 10.2. The number of aliphatic hydroxyl groups excluding tert-OH is 1. The summed E-state index contributed by atoms with van der Waals surface area (Å²) in [5.74, 6) is -0.632. The predicted octanol–water partition coefficient (Wildman–Crippen LogP) is 2.60. The smallest absolute Gasteiger partial charge is 0.282 e. The molecule has 2 heterocycles. The number of ether oxygens (including phenoxy) is 1. The number of hydrogen-bond acceptors (Lipinski definition) is 5. The summed E-state index contributed by atoms with van der Waals surface area (Å²) in [6.07, 6.45) is -0.000829. The molecule has 0 radical (unpaired) electrons. The van der Waals surface area contributed by atoms with Gasteiger partial charge in [-0.05, 0) is 32.0 Å². The molecule has 2 aromatic heterocycles. The van der Waals surface area contributed by atoms with E-state index >= 15 is 0 Å². The third kappa shape index (κ3) is 2.72. The second-order valence-electron chi connectivity index (χ2n) is 5.16. The van der Waals surface area contributed by atoms with Crippen LogP contribution in [0.25, 0.3) is 16.6 Å². The number of aryl methyl sites for hydroxylation is 1. The molecule has 0 spiro atoms. The SMILES string of the molecule is Cc1cc2c(Cl)ncnc2c(=O)n1-c1c(F)cccc1OC(C)O. The Morgan fingerprint density at radius 2 is 2.12 bits per heavy atom. The van der Waals surface area contributed by atoms with Gasteiger partial charge in [0.1, 0.15) is 28.4 Å². The lowest BCUT2D eigenvalue weighted by Gasteiger charge is -2.17. The monoisotopic (exact) mass is 349 g/mol. The van der Waals surface area contributed by atoms with Gasteiger partial charge in [0.2, 0.25) is 0 Å². The van der Waals surface area contributed by atoms with Crippen LogP contribution in [0.4, 0.5) is 4.39 Å². The van der Waals surface area contributed by atoms with Crippen molar-refractivity contribution in [2.75, 3.05) is 0 Å². The summed E-state index contributed by atoms with van der Waals surface area (Å²) < 4.78 is 20.8. The summed E-state index contributed by atoms with van der Waals surface area (Å²) in [6, 6.07) is 5.69. The molecule has 3 aromatic rings. The molecule has 0 saturated carbocycles. The highest BCUT2D eigenvalue weighted by Crippen LogP contribution is 2.28. The van der Waals surface area contributed by atoms with Crippen LogP contribution < -0.4 is 10.3 Å². The maximum atomic E-state index is 14.4. The first kappa shape index (κ1) is 16.4. The average Bonchev–Trinajstić information content (AvgIpc) is 2.50. The maximum Gasteiger partial charge on any atom is 0.282 e. The highest BCUT2D eigenvalue weighted by molar-refractivity contribution is 6.33. The van der Waals surface area contributed by atoms with Crippen molar-refractivity contribution in [1.82, 2.24) is 14.5 Å². The molecule has 0 saturated heterocycles. The van der Waals surface area contributed by atoms with E-state index in [0.29, 0.717) is 11.1 Å². The highest BCUT2D eigenvalue weighted by atomic mass is 35.5. The molecule has 8 heteroatoms. The standard InChI is InChI=1S/C16H13ClFN3O3/c1-8-6-10-13(19-7-20-15(10)17)16(23)21(8)14-11(18)4-3-5-12(14)24-9(2)22/h3-7,9,22H,1-2H3. The molecule has 6 nitrogen and oxygen atoms in total. The molecule has 0 aliphatic heterocycles. The predicted molar refractivity (Wildman–Crippen MR) is 87.1 cm³/mol. The van der Waals surface area contributed by atoms with E-state index in [1.54, 1.807) is 13.0 Å². The Morgan fingerprint density at radius 3 is 2.83 bits per heavy atom. The number of halogens is 2. The summed E-state index contributed by atoms with van der Waals surface area (Å²) in [6.45, 7) is 3.01. The van der Waals surface area contributed by atoms with Crippen molar-refractivity contribution in [2.24, 2.45) is 0 Å². The number of nitrogens with zero attached hydrogens (tertiary/aromatic N) is 3. The molecule has 0 amide bonds. The summed E-state index contributed by atoms with van der Waals surface area (Å²) in [5.41, 5.74) is -0.177. The molecule has 1 aromatic carbocycles. The van der Waals surface area contributed by atoms with E-state index < -0.39 is 17.7 Å². The summed E-state index contributed by atoms with van der Waals surface area (Å²) in [4.78, 5) is 20.6. The van der Waals surface area contributed by atoms with Crippen molar-refractivity contribution < 1.29 is 14.2 Å². The van der Waals surface area contributed by atoms with Gasteiger partial charge in [0.25, 0.3) is 5.56 Å². The van der Waals surface area contributed by atoms with Gasteiger partial charge < -0.3 is 9.84 Å². The van der Waals surface area contributed by atoms with Crippen molar-refractivity contribution in [3.63, 3.8) is 0 Å². The van der Waals surface area contributed by atoms with Crippen molar-refractivity contribution >= 4 is 22.5 Å². The quantitative estimate of drug-likeness (QED) is 0.581. The van der Waals surface area contributed by atoms with Gasteiger partial charge in [-0.15, -0.1) is 0 Å². The number of aliphatic hydroxyl groups is 1. The molecule has 1 N–H and O–H groups in total. The number of para-hydroxylation sites is 1. The molecule has 124 valence electrons. The van der Waals surface area contributed by atoms with E-state index in [0.717, 1.165) is 4.57 Å². The van der Waals surface area contributed by atoms with Gasteiger partial charge in [0.15, 0.2) is 12.1 Å². The molecule has 0 fully saturated rings. The highest BCUT2D eigenvalue weighted by Gasteiger charge is 2.19. The summed E-state index contributed by atoms with van der Waals surface area (Å²) >= 11 is 6.00.